The Morgan fingerprint density at radius 2 is 2.33 bits per heavy atom. The summed E-state index contributed by atoms with van der Waals surface area (Å²) < 4.78 is 7.01. The van der Waals surface area contributed by atoms with Crippen LogP contribution in [0.15, 0.2) is 29.4 Å². The second-order valence-corrected chi connectivity index (χ2v) is 6.91. The molecule has 4 N–H and O–H groups in total. The predicted molar refractivity (Wildman–Crippen MR) is 104 cm³/mol. The number of nitrogens with zero attached hydrogens (tertiary/aromatic N) is 3. The lowest BCUT2D eigenvalue weighted by Crippen LogP contribution is -2.28. The maximum atomic E-state index is 11.9. The monoisotopic (exact) mass is 367 g/mol. The van der Waals surface area contributed by atoms with E-state index in [0.717, 1.165) is 37.0 Å². The van der Waals surface area contributed by atoms with Gasteiger partial charge in [-0.05, 0) is 42.4 Å². The van der Waals surface area contributed by atoms with Gasteiger partial charge in [-0.1, -0.05) is 12.5 Å². The van der Waals surface area contributed by atoms with E-state index < -0.39 is 13.0 Å². The first-order valence-corrected chi connectivity index (χ1v) is 9.11. The van der Waals surface area contributed by atoms with Crippen LogP contribution in [0.2, 0.25) is 0 Å². The van der Waals surface area contributed by atoms with Crippen molar-refractivity contribution in [1.82, 2.24) is 9.78 Å². The van der Waals surface area contributed by atoms with Crippen molar-refractivity contribution >= 4 is 35.7 Å². The molecule has 0 saturated heterocycles. The number of carbonyl (C=O) groups excluding carboxylic acids is 1. The van der Waals surface area contributed by atoms with E-state index in [4.69, 9.17) is 10.4 Å². The fourth-order valence-corrected chi connectivity index (χ4v) is 3.78. The van der Waals surface area contributed by atoms with Gasteiger partial charge in [0.15, 0.2) is 5.82 Å². The van der Waals surface area contributed by atoms with Gasteiger partial charge in [0.1, 0.15) is 5.56 Å². The van der Waals surface area contributed by atoms with Crippen LogP contribution < -0.4 is 16.5 Å². The number of primary amides is 1. The summed E-state index contributed by atoms with van der Waals surface area (Å²) in [7, 11) is 0.865. The van der Waals surface area contributed by atoms with Gasteiger partial charge < -0.3 is 20.7 Å². The van der Waals surface area contributed by atoms with E-state index >= 15 is 0 Å². The van der Waals surface area contributed by atoms with E-state index in [9.17, 15) is 9.82 Å². The van der Waals surface area contributed by atoms with Crippen molar-refractivity contribution in [3.63, 3.8) is 0 Å². The maximum Gasteiger partial charge on any atom is 0.491 e. The highest BCUT2D eigenvalue weighted by Gasteiger charge is 2.28. The van der Waals surface area contributed by atoms with Crippen LogP contribution in [0, 0.1) is 0 Å². The highest BCUT2D eigenvalue weighted by atomic mass is 16.5. The Hall–Kier alpha value is -2.65. The number of carbonyl (C=O) groups is 1. The molecule has 1 aromatic heterocycles. The van der Waals surface area contributed by atoms with Crippen molar-refractivity contribution in [2.45, 2.75) is 38.3 Å². The molecule has 140 valence electrons. The van der Waals surface area contributed by atoms with Crippen LogP contribution in [0.1, 0.15) is 47.6 Å². The molecule has 27 heavy (non-hydrogen) atoms. The Morgan fingerprint density at radius 1 is 1.48 bits per heavy atom. The number of fused-ring (bicyclic) bond motifs is 1. The quantitative estimate of drug-likeness (QED) is 0.701. The first-order chi connectivity index (χ1) is 13.1. The van der Waals surface area contributed by atoms with Crippen molar-refractivity contribution in [2.24, 2.45) is 10.7 Å². The molecule has 0 radical (unpaired) electrons. The molecule has 0 bridgehead atoms. The van der Waals surface area contributed by atoms with E-state index in [1.165, 1.54) is 0 Å². The molecule has 1 fully saturated rings. The highest BCUT2D eigenvalue weighted by Crippen LogP contribution is 2.29. The fourth-order valence-electron chi connectivity index (χ4n) is 3.78. The molecule has 1 unspecified atom stereocenters. The van der Waals surface area contributed by atoms with Gasteiger partial charge in [0.25, 0.3) is 5.91 Å². The van der Waals surface area contributed by atoms with Crippen LogP contribution >= 0.6 is 0 Å². The summed E-state index contributed by atoms with van der Waals surface area (Å²) in [6.45, 7) is 0.388. The van der Waals surface area contributed by atoms with Gasteiger partial charge in [0, 0.05) is 24.6 Å². The molecule has 0 spiro atoms. The maximum absolute atomic E-state index is 11.9. The molecule has 2 heterocycles. The summed E-state index contributed by atoms with van der Waals surface area (Å²) in [6.07, 6.45) is 5.79. The van der Waals surface area contributed by atoms with Gasteiger partial charge in [-0.25, -0.2) is 0 Å². The number of benzene rings is 1. The molecule has 1 saturated carbocycles. The number of aliphatic imine (C=N–C) groups is 1. The van der Waals surface area contributed by atoms with Gasteiger partial charge in [-0.2, -0.15) is 5.10 Å². The molecule has 1 aliphatic heterocycles. The number of amides is 1. The van der Waals surface area contributed by atoms with Gasteiger partial charge in [0.05, 0.1) is 12.6 Å². The van der Waals surface area contributed by atoms with Gasteiger partial charge in [-0.3, -0.25) is 14.5 Å². The van der Waals surface area contributed by atoms with Crippen LogP contribution in [0.4, 0.5) is 11.5 Å². The van der Waals surface area contributed by atoms with Gasteiger partial charge >= 0.3 is 7.12 Å². The molecule has 4 rings (SSSR count). The molecule has 9 heteroatoms. The van der Waals surface area contributed by atoms with Gasteiger partial charge in [0.2, 0.25) is 0 Å². The van der Waals surface area contributed by atoms with Crippen LogP contribution in [0.3, 0.4) is 0 Å². The second-order valence-electron chi connectivity index (χ2n) is 6.91. The van der Waals surface area contributed by atoms with Crippen molar-refractivity contribution in [2.75, 3.05) is 12.4 Å². The first kappa shape index (κ1) is 17.8. The van der Waals surface area contributed by atoms with Crippen molar-refractivity contribution in [3.8, 4) is 0 Å². The van der Waals surface area contributed by atoms with Crippen LogP contribution in [0.5, 0.6) is 0 Å². The number of nitrogens with two attached hydrogens (primary N) is 1. The molecule has 1 atom stereocenters. The van der Waals surface area contributed by atoms with E-state index in [1.54, 1.807) is 24.0 Å². The Bertz CT molecular complexity index is 910. The summed E-state index contributed by atoms with van der Waals surface area (Å²) in [6, 6.07) is 5.60. The van der Waals surface area contributed by atoms with E-state index in [1.807, 2.05) is 12.1 Å². The number of hydrogen-bond donors (Lipinski definition) is 3. The van der Waals surface area contributed by atoms with Crippen LogP contribution in [0.25, 0.3) is 0 Å². The van der Waals surface area contributed by atoms with Crippen LogP contribution in [-0.4, -0.2) is 40.6 Å². The minimum Gasteiger partial charge on any atom is -0.423 e. The lowest BCUT2D eigenvalue weighted by atomic mass is 9.79. The summed E-state index contributed by atoms with van der Waals surface area (Å²) in [5, 5.41) is 17.6. The molecule has 1 aromatic carbocycles. The average Bonchev–Trinajstić information content (AvgIpc) is 3.26. The van der Waals surface area contributed by atoms with Crippen LogP contribution in [-0.2, 0) is 11.3 Å². The highest BCUT2D eigenvalue weighted by molar-refractivity contribution is 6.61. The zero-order valence-corrected chi connectivity index (χ0v) is 15.2. The Labute approximate surface area is 157 Å². The topological polar surface area (TPSA) is 115 Å². The lowest BCUT2D eigenvalue weighted by molar-refractivity contribution is 0.100. The number of aromatic nitrogens is 2. The Balaban J connectivity index is 1.65. The summed E-state index contributed by atoms with van der Waals surface area (Å²) in [5.41, 5.74) is 9.35. The smallest absolute Gasteiger partial charge is 0.423 e. The molecular weight excluding hydrogens is 345 g/mol. The van der Waals surface area contributed by atoms with Gasteiger partial charge in [-0.15, -0.1) is 0 Å². The molecule has 1 amide bonds. The molecular formula is C18H22BN5O3. The summed E-state index contributed by atoms with van der Waals surface area (Å²) >= 11 is 0. The largest absolute Gasteiger partial charge is 0.491 e. The van der Waals surface area contributed by atoms with E-state index in [2.05, 4.69) is 15.4 Å². The molecule has 1 aliphatic carbocycles. The number of hydrogen-bond acceptors (Lipinski definition) is 6. The van der Waals surface area contributed by atoms with Crippen molar-refractivity contribution in [1.29, 1.82) is 0 Å². The number of nitrogens with one attached hydrogen (secondary N) is 1. The standard InChI is InChI=1S/C18H22BN5O3/c1-21-15-4-2-3-5-16(15)24-9-13(17(20)25)18(23-24)22-12-7-6-11-10-27-19(26)14(11)8-12/h6-9,16,26H,2-5,10H2,1H3,(H2,20,25)(H,22,23). The Morgan fingerprint density at radius 3 is 3.11 bits per heavy atom. The van der Waals surface area contributed by atoms with E-state index in [0.29, 0.717) is 29.1 Å². The second kappa shape index (κ2) is 7.17. The minimum absolute atomic E-state index is 0.0487. The Kier molecular flexibility index (Phi) is 4.71. The van der Waals surface area contributed by atoms with E-state index in [-0.39, 0.29) is 6.04 Å². The van der Waals surface area contributed by atoms with Crippen molar-refractivity contribution < 1.29 is 14.5 Å². The average molecular weight is 367 g/mol. The SMILES string of the molecule is CN=C1CCCCC1n1cc(C(N)=O)c(Nc2ccc3c(c2)B(O)OC3)n1. The summed E-state index contributed by atoms with van der Waals surface area (Å²) in [4.78, 5) is 16.3. The zero-order valence-electron chi connectivity index (χ0n) is 15.2. The third-order valence-corrected chi connectivity index (χ3v) is 5.22. The lowest BCUT2D eigenvalue weighted by Gasteiger charge is -2.24. The predicted octanol–water partition coefficient (Wildman–Crippen LogP) is 1.13. The van der Waals surface area contributed by atoms with Crippen molar-refractivity contribution in [3.05, 3.63) is 35.5 Å². The molecule has 2 aromatic rings. The third kappa shape index (κ3) is 3.35. The zero-order chi connectivity index (χ0) is 19.0. The normalized spacial score (nSPS) is 20.7. The number of anilines is 2. The third-order valence-electron chi connectivity index (χ3n) is 5.22. The molecule has 2 aliphatic rings. The number of rotatable bonds is 4. The first-order valence-electron chi connectivity index (χ1n) is 9.11. The molecule has 8 nitrogen and oxygen atoms in total. The minimum atomic E-state index is -0.930. The summed E-state index contributed by atoms with van der Waals surface area (Å²) in [5.74, 6) is -0.143. The fraction of sp³-hybridized carbons (Fsp3) is 0.389.